The van der Waals surface area contributed by atoms with Crippen LogP contribution < -0.4 is 0 Å². The molecule has 0 saturated carbocycles. The van der Waals surface area contributed by atoms with E-state index >= 15 is 0 Å². The molecule has 0 radical (unpaired) electrons. The van der Waals surface area contributed by atoms with Crippen LogP contribution in [0.25, 0.3) is 0 Å². The number of nitroso groups, excluding NO2 is 1. The van der Waals surface area contributed by atoms with Crippen molar-refractivity contribution in [1.29, 1.82) is 0 Å². The fourth-order valence-corrected chi connectivity index (χ4v) is 2.22. The lowest BCUT2D eigenvalue weighted by atomic mass is 10.0. The molecule has 1 aliphatic carbocycles. The topological polar surface area (TPSA) is 29.4 Å². The van der Waals surface area contributed by atoms with Crippen LogP contribution in [0, 0.1) is 4.91 Å². The molecule has 68 valence electrons. The summed E-state index contributed by atoms with van der Waals surface area (Å²) in [5.74, 6) is 0. The summed E-state index contributed by atoms with van der Waals surface area (Å²) < 4.78 is 0. The molecule has 0 spiro atoms. The van der Waals surface area contributed by atoms with E-state index in [9.17, 15) is 4.91 Å². The maximum Gasteiger partial charge on any atom is 0.136 e. The van der Waals surface area contributed by atoms with E-state index in [1.807, 2.05) is 31.2 Å². The molecule has 0 bridgehead atoms. The van der Waals surface area contributed by atoms with Crippen molar-refractivity contribution >= 4 is 11.6 Å². The number of fused-ring (bicyclic) bond motifs is 1. The Bertz CT molecular complexity index is 349. The minimum Gasteiger partial charge on any atom is -0.150 e. The van der Waals surface area contributed by atoms with E-state index in [1.54, 1.807) is 0 Å². The van der Waals surface area contributed by atoms with Crippen molar-refractivity contribution in [2.75, 3.05) is 0 Å². The smallest absolute Gasteiger partial charge is 0.136 e. The Morgan fingerprint density at radius 3 is 2.92 bits per heavy atom. The van der Waals surface area contributed by atoms with Crippen molar-refractivity contribution < 1.29 is 0 Å². The Morgan fingerprint density at radius 1 is 1.54 bits per heavy atom. The van der Waals surface area contributed by atoms with Crippen molar-refractivity contribution in [3.63, 3.8) is 0 Å². The molecule has 1 aliphatic rings. The molecule has 2 atom stereocenters. The summed E-state index contributed by atoms with van der Waals surface area (Å²) in [6.45, 7) is 1.86. The molecule has 1 aromatic rings. The van der Waals surface area contributed by atoms with Gasteiger partial charge in [0.15, 0.2) is 0 Å². The van der Waals surface area contributed by atoms with Gasteiger partial charge in [-0.3, -0.25) is 0 Å². The SMILES string of the molecule is CC1(Cl)Cc2ccccc2C1N=O. The quantitative estimate of drug-likeness (QED) is 0.500. The first kappa shape index (κ1) is 8.70. The lowest BCUT2D eigenvalue weighted by Crippen LogP contribution is -2.20. The highest BCUT2D eigenvalue weighted by molar-refractivity contribution is 6.24. The lowest BCUT2D eigenvalue weighted by Gasteiger charge is -2.17. The van der Waals surface area contributed by atoms with Crippen LogP contribution in [0.4, 0.5) is 0 Å². The van der Waals surface area contributed by atoms with E-state index in [2.05, 4.69) is 5.18 Å². The van der Waals surface area contributed by atoms with Crippen LogP contribution in [0.1, 0.15) is 24.1 Å². The third-order valence-corrected chi connectivity index (χ3v) is 2.90. The summed E-state index contributed by atoms with van der Waals surface area (Å²) in [7, 11) is 0. The van der Waals surface area contributed by atoms with E-state index in [0.29, 0.717) is 0 Å². The number of benzene rings is 1. The Morgan fingerprint density at radius 2 is 2.23 bits per heavy atom. The van der Waals surface area contributed by atoms with Crippen molar-refractivity contribution in [1.82, 2.24) is 0 Å². The van der Waals surface area contributed by atoms with Gasteiger partial charge in [0.2, 0.25) is 0 Å². The second-order valence-corrected chi connectivity index (χ2v) is 4.53. The van der Waals surface area contributed by atoms with Crippen LogP contribution in [0.2, 0.25) is 0 Å². The van der Waals surface area contributed by atoms with Crippen LogP contribution in [0.3, 0.4) is 0 Å². The molecule has 0 aromatic heterocycles. The first-order chi connectivity index (χ1) is 6.15. The second-order valence-electron chi connectivity index (χ2n) is 3.66. The van der Waals surface area contributed by atoms with Gasteiger partial charge in [0.25, 0.3) is 0 Å². The summed E-state index contributed by atoms with van der Waals surface area (Å²) in [5.41, 5.74) is 2.12. The van der Waals surface area contributed by atoms with Crippen LogP contribution in [-0.4, -0.2) is 4.87 Å². The van der Waals surface area contributed by atoms with Crippen molar-refractivity contribution in [2.45, 2.75) is 24.3 Å². The Kier molecular flexibility index (Phi) is 1.88. The average Bonchev–Trinajstić information content (AvgIpc) is 2.33. The van der Waals surface area contributed by atoms with Gasteiger partial charge in [0.1, 0.15) is 6.04 Å². The summed E-state index contributed by atoms with van der Waals surface area (Å²) in [4.78, 5) is 10.1. The summed E-state index contributed by atoms with van der Waals surface area (Å²) in [6, 6.07) is 7.40. The molecule has 2 nitrogen and oxygen atoms in total. The van der Waals surface area contributed by atoms with E-state index in [-0.39, 0.29) is 0 Å². The molecule has 0 heterocycles. The third kappa shape index (κ3) is 1.25. The molecule has 13 heavy (non-hydrogen) atoms. The minimum absolute atomic E-state index is 0.398. The molecule has 3 heteroatoms. The van der Waals surface area contributed by atoms with E-state index < -0.39 is 10.9 Å². The minimum atomic E-state index is -0.536. The van der Waals surface area contributed by atoms with Crippen molar-refractivity contribution in [3.8, 4) is 0 Å². The normalized spacial score (nSPS) is 31.4. The predicted molar refractivity (Wildman–Crippen MR) is 52.9 cm³/mol. The number of alkyl halides is 1. The fraction of sp³-hybridized carbons (Fsp3) is 0.400. The molecule has 0 saturated heterocycles. The molecule has 0 fully saturated rings. The predicted octanol–water partition coefficient (Wildman–Crippen LogP) is 3.05. The van der Waals surface area contributed by atoms with Crippen LogP contribution >= 0.6 is 11.6 Å². The zero-order chi connectivity index (χ0) is 9.47. The molecule has 1 aromatic carbocycles. The fourth-order valence-electron chi connectivity index (χ4n) is 1.92. The molecule has 0 aliphatic heterocycles. The second kappa shape index (κ2) is 2.81. The highest BCUT2D eigenvalue weighted by atomic mass is 35.5. The molecular weight excluding hydrogens is 186 g/mol. The van der Waals surface area contributed by atoms with E-state index in [1.165, 1.54) is 0 Å². The zero-order valence-corrected chi connectivity index (χ0v) is 8.08. The maximum absolute atomic E-state index is 10.7. The monoisotopic (exact) mass is 195 g/mol. The first-order valence-corrected chi connectivity index (χ1v) is 4.62. The van der Waals surface area contributed by atoms with Gasteiger partial charge in [-0.15, -0.1) is 11.6 Å². The van der Waals surface area contributed by atoms with Gasteiger partial charge in [0, 0.05) is 0 Å². The van der Waals surface area contributed by atoms with Crippen LogP contribution in [-0.2, 0) is 6.42 Å². The van der Waals surface area contributed by atoms with Gasteiger partial charge < -0.3 is 0 Å². The van der Waals surface area contributed by atoms with Gasteiger partial charge >= 0.3 is 0 Å². The standard InChI is InChI=1S/C10H10ClNO/c1-10(11)6-7-4-2-3-5-8(7)9(10)12-13/h2-5,9H,6H2,1H3. The van der Waals surface area contributed by atoms with Gasteiger partial charge in [-0.05, 0) is 24.5 Å². The van der Waals surface area contributed by atoms with E-state index in [0.717, 1.165) is 17.5 Å². The highest BCUT2D eigenvalue weighted by Crippen LogP contribution is 2.45. The van der Waals surface area contributed by atoms with Crippen LogP contribution in [0.15, 0.2) is 29.4 Å². The molecule has 2 rings (SSSR count). The molecular formula is C10H10ClNO. The first-order valence-electron chi connectivity index (χ1n) is 4.24. The maximum atomic E-state index is 10.7. The lowest BCUT2D eigenvalue weighted by molar-refractivity contribution is 0.552. The van der Waals surface area contributed by atoms with Gasteiger partial charge in [0.05, 0.1) is 4.87 Å². The summed E-state index contributed by atoms with van der Waals surface area (Å²) in [5, 5.41) is 3.10. The number of hydrogen-bond acceptors (Lipinski definition) is 2. The largest absolute Gasteiger partial charge is 0.150 e. The number of hydrogen-bond donors (Lipinski definition) is 0. The third-order valence-electron chi connectivity index (χ3n) is 2.56. The van der Waals surface area contributed by atoms with Crippen molar-refractivity contribution in [3.05, 3.63) is 40.3 Å². The molecule has 0 N–H and O–H groups in total. The van der Waals surface area contributed by atoms with Gasteiger partial charge in [-0.1, -0.05) is 29.4 Å². The Hall–Kier alpha value is -0.890. The average molecular weight is 196 g/mol. The van der Waals surface area contributed by atoms with Crippen molar-refractivity contribution in [2.24, 2.45) is 5.18 Å². The zero-order valence-electron chi connectivity index (χ0n) is 7.33. The number of halogens is 1. The van der Waals surface area contributed by atoms with Gasteiger partial charge in [-0.25, -0.2) is 0 Å². The molecule has 2 unspecified atom stereocenters. The van der Waals surface area contributed by atoms with Crippen LogP contribution in [0.5, 0.6) is 0 Å². The summed E-state index contributed by atoms with van der Waals surface area (Å²) in [6.07, 6.45) is 0.723. The number of rotatable bonds is 1. The summed E-state index contributed by atoms with van der Waals surface area (Å²) >= 11 is 6.21. The van der Waals surface area contributed by atoms with E-state index in [4.69, 9.17) is 11.6 Å². The Labute approximate surface area is 81.9 Å². The Balaban J connectivity index is 2.52. The van der Waals surface area contributed by atoms with Gasteiger partial charge in [-0.2, -0.15) is 4.91 Å². The highest BCUT2D eigenvalue weighted by Gasteiger charge is 2.42. The molecule has 0 amide bonds. The number of nitrogens with zero attached hydrogens (tertiary/aromatic N) is 1.